The number of aryl methyl sites for hydroxylation is 1. The molecule has 0 aliphatic rings. The van der Waals surface area contributed by atoms with E-state index in [-0.39, 0.29) is 12.5 Å². The highest BCUT2D eigenvalue weighted by molar-refractivity contribution is 5.91. The summed E-state index contributed by atoms with van der Waals surface area (Å²) < 4.78 is 12.6. The van der Waals surface area contributed by atoms with E-state index in [2.05, 4.69) is 20.4 Å². The third kappa shape index (κ3) is 4.85. The highest BCUT2D eigenvalue weighted by Crippen LogP contribution is 2.20. The smallest absolute Gasteiger partial charge is 0.250 e. The summed E-state index contributed by atoms with van der Waals surface area (Å²) in [6, 6.07) is 8.80. The fourth-order valence-electron chi connectivity index (χ4n) is 2.05. The Kier molecular flexibility index (Phi) is 5.32. The Hall–Kier alpha value is -3.26. The van der Waals surface area contributed by atoms with Gasteiger partial charge < -0.3 is 14.8 Å². The first-order valence-corrected chi connectivity index (χ1v) is 7.59. The van der Waals surface area contributed by atoms with E-state index in [1.165, 1.54) is 6.20 Å². The lowest BCUT2D eigenvalue weighted by atomic mass is 10.3. The third-order valence-electron chi connectivity index (χ3n) is 3.31. The number of hydrogen-bond acceptors (Lipinski definition) is 6. The molecule has 3 rings (SSSR count). The molecule has 0 aliphatic carbocycles. The van der Waals surface area contributed by atoms with Crippen molar-refractivity contribution in [3.8, 4) is 11.6 Å². The van der Waals surface area contributed by atoms with Gasteiger partial charge in [0.05, 0.1) is 18.5 Å². The van der Waals surface area contributed by atoms with Crippen LogP contribution < -0.4 is 10.1 Å². The molecule has 8 nitrogen and oxygen atoms in total. The van der Waals surface area contributed by atoms with E-state index >= 15 is 0 Å². The van der Waals surface area contributed by atoms with E-state index in [0.717, 1.165) is 5.69 Å². The Morgan fingerprint density at radius 3 is 2.68 bits per heavy atom. The zero-order valence-corrected chi connectivity index (χ0v) is 13.6. The highest BCUT2D eigenvalue weighted by Gasteiger charge is 2.05. The number of amides is 1. The monoisotopic (exact) mass is 339 g/mol. The molecule has 0 atom stereocenters. The fourth-order valence-corrected chi connectivity index (χ4v) is 2.05. The first kappa shape index (κ1) is 16.6. The predicted octanol–water partition coefficient (Wildman–Crippen LogP) is 2.16. The second kappa shape index (κ2) is 8.02. The van der Waals surface area contributed by atoms with Gasteiger partial charge in [-0.1, -0.05) is 0 Å². The molecule has 0 saturated carbocycles. The SMILES string of the molecule is Cn1nccc1COCC(=O)Nc1ccc(Oc2cnccn2)cc1. The third-order valence-corrected chi connectivity index (χ3v) is 3.31. The van der Waals surface area contributed by atoms with Crippen LogP contribution in [-0.4, -0.2) is 32.3 Å². The number of carbonyl (C=O) groups is 1. The molecule has 2 aromatic heterocycles. The summed E-state index contributed by atoms with van der Waals surface area (Å²) >= 11 is 0. The van der Waals surface area contributed by atoms with E-state index in [0.29, 0.717) is 23.9 Å². The van der Waals surface area contributed by atoms with Crippen LogP contribution in [0.5, 0.6) is 11.6 Å². The van der Waals surface area contributed by atoms with Crippen molar-refractivity contribution in [3.63, 3.8) is 0 Å². The summed E-state index contributed by atoms with van der Waals surface area (Å²) in [5.74, 6) is 0.776. The lowest BCUT2D eigenvalue weighted by Crippen LogP contribution is -2.18. The van der Waals surface area contributed by atoms with E-state index in [9.17, 15) is 4.79 Å². The van der Waals surface area contributed by atoms with E-state index in [1.807, 2.05) is 13.1 Å². The maximum Gasteiger partial charge on any atom is 0.250 e. The fraction of sp³-hybridized carbons (Fsp3) is 0.176. The molecule has 0 saturated heterocycles. The quantitative estimate of drug-likeness (QED) is 0.709. The molecule has 8 heteroatoms. The van der Waals surface area contributed by atoms with Crippen LogP contribution in [0.3, 0.4) is 0 Å². The van der Waals surface area contributed by atoms with Crippen molar-refractivity contribution in [3.05, 3.63) is 60.8 Å². The van der Waals surface area contributed by atoms with Crippen LogP contribution in [0.4, 0.5) is 5.69 Å². The minimum Gasteiger partial charge on any atom is -0.438 e. The Morgan fingerprint density at radius 2 is 2.00 bits per heavy atom. The topological polar surface area (TPSA) is 91.2 Å². The van der Waals surface area contributed by atoms with Crippen molar-refractivity contribution in [2.24, 2.45) is 7.05 Å². The second-order valence-corrected chi connectivity index (χ2v) is 5.16. The second-order valence-electron chi connectivity index (χ2n) is 5.16. The van der Waals surface area contributed by atoms with Gasteiger partial charge in [-0.15, -0.1) is 0 Å². The average molecular weight is 339 g/mol. The van der Waals surface area contributed by atoms with Crippen molar-refractivity contribution in [2.45, 2.75) is 6.61 Å². The first-order valence-electron chi connectivity index (χ1n) is 7.59. The van der Waals surface area contributed by atoms with E-state index in [1.54, 1.807) is 47.5 Å². The highest BCUT2D eigenvalue weighted by atomic mass is 16.5. The minimum atomic E-state index is -0.232. The molecule has 0 fully saturated rings. The zero-order valence-electron chi connectivity index (χ0n) is 13.6. The molecule has 128 valence electrons. The van der Waals surface area contributed by atoms with Gasteiger partial charge in [0.25, 0.3) is 0 Å². The summed E-state index contributed by atoms with van der Waals surface area (Å²) in [4.78, 5) is 19.8. The van der Waals surface area contributed by atoms with Crippen molar-refractivity contribution >= 4 is 11.6 Å². The molecule has 25 heavy (non-hydrogen) atoms. The molecule has 0 radical (unpaired) electrons. The number of rotatable bonds is 7. The molecule has 0 aliphatic heterocycles. The van der Waals surface area contributed by atoms with Gasteiger partial charge in [-0.05, 0) is 30.3 Å². The van der Waals surface area contributed by atoms with Gasteiger partial charge in [-0.3, -0.25) is 14.5 Å². The lowest BCUT2D eigenvalue weighted by Gasteiger charge is -2.08. The van der Waals surface area contributed by atoms with Gasteiger partial charge in [-0.25, -0.2) is 4.98 Å². The Balaban J connectivity index is 1.46. The number of anilines is 1. The standard InChI is InChI=1S/C17H17N5O3/c1-22-14(6-7-20-22)11-24-12-16(23)21-13-2-4-15(5-3-13)25-17-10-18-8-9-19-17/h2-10H,11-12H2,1H3,(H,21,23). The molecule has 3 aromatic rings. The van der Waals surface area contributed by atoms with Gasteiger partial charge in [0.2, 0.25) is 11.8 Å². The van der Waals surface area contributed by atoms with Crippen LogP contribution >= 0.6 is 0 Å². The number of aromatic nitrogens is 4. The largest absolute Gasteiger partial charge is 0.438 e. The van der Waals surface area contributed by atoms with Crippen molar-refractivity contribution in [1.82, 2.24) is 19.7 Å². The summed E-state index contributed by atoms with van der Waals surface area (Å²) in [6.45, 7) is 0.290. The van der Waals surface area contributed by atoms with Crippen LogP contribution in [0.1, 0.15) is 5.69 Å². The van der Waals surface area contributed by atoms with Gasteiger partial charge in [0.1, 0.15) is 12.4 Å². The van der Waals surface area contributed by atoms with Crippen LogP contribution in [0.15, 0.2) is 55.1 Å². The summed E-state index contributed by atoms with van der Waals surface area (Å²) in [5, 5.41) is 6.79. The maximum absolute atomic E-state index is 11.9. The first-order chi connectivity index (χ1) is 12.2. The van der Waals surface area contributed by atoms with Crippen molar-refractivity contribution in [2.75, 3.05) is 11.9 Å². The van der Waals surface area contributed by atoms with Gasteiger partial charge in [0, 0.05) is 31.3 Å². The number of carbonyl (C=O) groups excluding carboxylic acids is 1. The Morgan fingerprint density at radius 1 is 1.16 bits per heavy atom. The van der Waals surface area contributed by atoms with Crippen molar-refractivity contribution < 1.29 is 14.3 Å². The lowest BCUT2D eigenvalue weighted by molar-refractivity contribution is -0.121. The average Bonchev–Trinajstić information content (AvgIpc) is 3.03. The molecular formula is C17H17N5O3. The Labute approximate surface area is 144 Å². The minimum absolute atomic E-state index is 0.0387. The number of hydrogen-bond donors (Lipinski definition) is 1. The van der Waals surface area contributed by atoms with E-state index in [4.69, 9.17) is 9.47 Å². The number of benzene rings is 1. The number of nitrogens with one attached hydrogen (secondary N) is 1. The molecule has 2 heterocycles. The molecule has 0 unspecified atom stereocenters. The summed E-state index contributed by atoms with van der Waals surface area (Å²) in [6.07, 6.45) is 6.33. The summed E-state index contributed by atoms with van der Waals surface area (Å²) in [5.41, 5.74) is 1.55. The zero-order chi connectivity index (χ0) is 17.5. The number of ether oxygens (including phenoxy) is 2. The van der Waals surface area contributed by atoms with Gasteiger partial charge in [0.15, 0.2) is 0 Å². The normalized spacial score (nSPS) is 10.4. The molecule has 1 N–H and O–H groups in total. The molecule has 1 amide bonds. The van der Waals surface area contributed by atoms with Crippen LogP contribution in [-0.2, 0) is 23.2 Å². The summed E-state index contributed by atoms with van der Waals surface area (Å²) in [7, 11) is 1.82. The van der Waals surface area contributed by atoms with Crippen molar-refractivity contribution in [1.29, 1.82) is 0 Å². The number of nitrogens with zero attached hydrogens (tertiary/aromatic N) is 4. The van der Waals surface area contributed by atoms with Crippen LogP contribution in [0, 0.1) is 0 Å². The molecular weight excluding hydrogens is 322 g/mol. The Bertz CT molecular complexity index is 818. The van der Waals surface area contributed by atoms with Gasteiger partial charge in [-0.2, -0.15) is 5.10 Å². The van der Waals surface area contributed by atoms with Crippen LogP contribution in [0.2, 0.25) is 0 Å². The van der Waals surface area contributed by atoms with Gasteiger partial charge >= 0.3 is 0 Å². The molecule has 1 aromatic carbocycles. The molecule has 0 spiro atoms. The maximum atomic E-state index is 11.9. The van der Waals surface area contributed by atoms with E-state index < -0.39 is 0 Å². The van der Waals surface area contributed by atoms with Crippen LogP contribution in [0.25, 0.3) is 0 Å². The predicted molar refractivity (Wildman–Crippen MR) is 90.0 cm³/mol. The molecule has 0 bridgehead atoms.